The molecule has 7 heteroatoms. The molecule has 0 radical (unpaired) electrons. The summed E-state index contributed by atoms with van der Waals surface area (Å²) in [4.78, 5) is 24.9. The first-order valence-corrected chi connectivity index (χ1v) is 10.1. The van der Waals surface area contributed by atoms with Crippen molar-refractivity contribution >= 4 is 12.1 Å². The van der Waals surface area contributed by atoms with Gasteiger partial charge in [0.25, 0.3) is 0 Å². The number of nitrogens with one attached hydrogen (secondary N) is 2. The molecule has 2 heterocycles. The summed E-state index contributed by atoms with van der Waals surface area (Å²) in [7, 11) is 0. The van der Waals surface area contributed by atoms with Gasteiger partial charge in [-0.2, -0.15) is 0 Å². The molecule has 1 fully saturated rings. The molecular weight excluding hydrogens is 372 g/mol. The van der Waals surface area contributed by atoms with E-state index < -0.39 is 28.9 Å². The van der Waals surface area contributed by atoms with Crippen LogP contribution in [0.3, 0.4) is 0 Å². The van der Waals surface area contributed by atoms with Gasteiger partial charge in [0.05, 0.1) is 11.6 Å². The second kappa shape index (κ2) is 7.52. The van der Waals surface area contributed by atoms with Crippen LogP contribution in [-0.2, 0) is 9.47 Å². The van der Waals surface area contributed by atoms with E-state index in [1.165, 1.54) is 0 Å². The van der Waals surface area contributed by atoms with Gasteiger partial charge in [-0.1, -0.05) is 6.07 Å². The number of benzene rings is 1. The van der Waals surface area contributed by atoms with E-state index in [2.05, 4.69) is 10.6 Å². The van der Waals surface area contributed by atoms with E-state index in [4.69, 9.17) is 14.2 Å². The largest absolute Gasteiger partial charge is 0.485 e. The lowest BCUT2D eigenvalue weighted by Gasteiger charge is -2.40. The van der Waals surface area contributed by atoms with E-state index in [1.54, 1.807) is 12.1 Å². The van der Waals surface area contributed by atoms with Crippen molar-refractivity contribution in [3.63, 3.8) is 0 Å². The molecule has 1 spiro atoms. The van der Waals surface area contributed by atoms with Crippen LogP contribution in [0.1, 0.15) is 76.3 Å². The fourth-order valence-corrected chi connectivity index (χ4v) is 3.69. The third-order valence-electron chi connectivity index (χ3n) is 4.82. The van der Waals surface area contributed by atoms with Crippen molar-refractivity contribution < 1.29 is 23.8 Å². The Morgan fingerprint density at radius 3 is 2.41 bits per heavy atom. The number of alkyl carbamates (subject to hydrolysis) is 1. The van der Waals surface area contributed by atoms with Crippen LogP contribution in [0.15, 0.2) is 18.2 Å². The van der Waals surface area contributed by atoms with Gasteiger partial charge in [-0.25, -0.2) is 9.59 Å². The topological polar surface area (TPSA) is 85.9 Å². The molecule has 0 aromatic heterocycles. The molecule has 160 valence electrons. The van der Waals surface area contributed by atoms with Gasteiger partial charge in [0.15, 0.2) is 0 Å². The maximum Gasteiger partial charge on any atom is 0.408 e. The first kappa shape index (κ1) is 21.4. The average molecular weight is 405 g/mol. The third-order valence-corrected chi connectivity index (χ3v) is 4.82. The minimum atomic E-state index is -0.578. The predicted octanol–water partition coefficient (Wildman–Crippen LogP) is 3.72. The summed E-state index contributed by atoms with van der Waals surface area (Å²) >= 11 is 0. The fraction of sp³-hybridized carbons (Fsp3) is 0.636. The number of hydrogen-bond donors (Lipinski definition) is 2. The highest BCUT2D eigenvalue weighted by molar-refractivity contribution is 5.90. The van der Waals surface area contributed by atoms with Crippen molar-refractivity contribution in [2.24, 2.45) is 0 Å². The molecule has 0 bridgehead atoms. The van der Waals surface area contributed by atoms with Crippen LogP contribution in [0, 0.1) is 0 Å². The quantitative estimate of drug-likeness (QED) is 0.731. The maximum absolute atomic E-state index is 12.5. The highest BCUT2D eigenvalue weighted by Crippen LogP contribution is 2.43. The van der Waals surface area contributed by atoms with Gasteiger partial charge in [-0.3, -0.25) is 0 Å². The Morgan fingerprint density at radius 2 is 1.83 bits per heavy atom. The van der Waals surface area contributed by atoms with E-state index in [9.17, 15) is 9.59 Å². The van der Waals surface area contributed by atoms with E-state index in [1.807, 2.05) is 47.6 Å². The number of carbonyl (C=O) groups excluding carboxylic acids is 2. The van der Waals surface area contributed by atoms with E-state index in [0.717, 1.165) is 18.5 Å². The lowest BCUT2D eigenvalue weighted by molar-refractivity contribution is 0.00641. The van der Waals surface area contributed by atoms with Gasteiger partial charge in [0, 0.05) is 24.9 Å². The zero-order valence-corrected chi connectivity index (χ0v) is 18.2. The molecule has 1 amide bonds. The lowest BCUT2D eigenvalue weighted by atomic mass is 9.86. The molecule has 2 aliphatic heterocycles. The van der Waals surface area contributed by atoms with Gasteiger partial charge in [0.2, 0.25) is 0 Å². The molecule has 1 aromatic carbocycles. The number of fused-ring (bicyclic) bond motifs is 1. The number of amides is 1. The second-order valence-corrected chi connectivity index (χ2v) is 9.87. The van der Waals surface area contributed by atoms with Crippen LogP contribution >= 0.6 is 0 Å². The van der Waals surface area contributed by atoms with Crippen molar-refractivity contribution in [3.8, 4) is 5.75 Å². The summed E-state index contributed by atoms with van der Waals surface area (Å²) in [5.41, 5.74) is -0.311. The highest BCUT2D eigenvalue weighted by Gasteiger charge is 2.44. The Hall–Kier alpha value is -2.28. The van der Waals surface area contributed by atoms with Crippen molar-refractivity contribution in [2.75, 3.05) is 13.1 Å². The van der Waals surface area contributed by atoms with Crippen LogP contribution in [0.4, 0.5) is 4.79 Å². The van der Waals surface area contributed by atoms with Crippen molar-refractivity contribution in [3.05, 3.63) is 29.3 Å². The van der Waals surface area contributed by atoms with Gasteiger partial charge in [0.1, 0.15) is 22.6 Å². The smallest absolute Gasteiger partial charge is 0.408 e. The zero-order valence-electron chi connectivity index (χ0n) is 18.2. The van der Waals surface area contributed by atoms with Gasteiger partial charge >= 0.3 is 12.1 Å². The Balaban J connectivity index is 1.88. The molecule has 1 saturated heterocycles. The molecule has 0 aliphatic carbocycles. The highest BCUT2D eigenvalue weighted by atomic mass is 16.6. The monoisotopic (exact) mass is 404 g/mol. The minimum absolute atomic E-state index is 0.263. The van der Waals surface area contributed by atoms with Gasteiger partial charge in [-0.15, -0.1) is 0 Å². The number of rotatable bonds is 2. The molecule has 2 N–H and O–H groups in total. The molecule has 29 heavy (non-hydrogen) atoms. The van der Waals surface area contributed by atoms with Crippen LogP contribution in [0.25, 0.3) is 0 Å². The lowest BCUT2D eigenvalue weighted by Crippen LogP contribution is -2.47. The predicted molar refractivity (Wildman–Crippen MR) is 109 cm³/mol. The molecule has 0 saturated carbocycles. The van der Waals surface area contributed by atoms with Crippen LogP contribution in [-0.4, -0.2) is 42.0 Å². The summed E-state index contributed by atoms with van der Waals surface area (Å²) in [5, 5.41) is 6.32. The van der Waals surface area contributed by atoms with E-state index >= 15 is 0 Å². The number of ether oxygens (including phenoxy) is 3. The fourth-order valence-electron chi connectivity index (χ4n) is 3.69. The van der Waals surface area contributed by atoms with Crippen molar-refractivity contribution in [1.82, 2.24) is 10.6 Å². The summed E-state index contributed by atoms with van der Waals surface area (Å²) in [6, 6.07) is 4.99. The van der Waals surface area contributed by atoms with Crippen molar-refractivity contribution in [2.45, 2.75) is 77.2 Å². The summed E-state index contributed by atoms with van der Waals surface area (Å²) in [6.07, 6.45) is 1.00. The third kappa shape index (κ3) is 5.41. The Labute approximate surface area is 172 Å². The maximum atomic E-state index is 12.5. The number of carbonyl (C=O) groups is 2. The Morgan fingerprint density at radius 1 is 1.14 bits per heavy atom. The van der Waals surface area contributed by atoms with E-state index in [0.29, 0.717) is 24.3 Å². The van der Waals surface area contributed by atoms with Crippen LogP contribution < -0.4 is 15.4 Å². The minimum Gasteiger partial charge on any atom is -0.485 e. The number of esters is 1. The zero-order chi connectivity index (χ0) is 21.4. The van der Waals surface area contributed by atoms with Gasteiger partial charge < -0.3 is 24.8 Å². The average Bonchev–Trinajstić information content (AvgIpc) is 2.98. The molecule has 2 unspecified atom stereocenters. The molecular formula is C22H32N2O5. The molecule has 2 aliphatic rings. The SMILES string of the molecule is CC(C)(C)OC(=O)NC1CC2(CCNC2)Oc2cc(C(=O)OC(C)(C)C)ccc21. The second-order valence-electron chi connectivity index (χ2n) is 9.87. The first-order valence-electron chi connectivity index (χ1n) is 10.1. The van der Waals surface area contributed by atoms with E-state index in [-0.39, 0.29) is 6.04 Å². The summed E-state index contributed by atoms with van der Waals surface area (Å²) < 4.78 is 17.3. The molecule has 3 rings (SSSR count). The molecule has 7 nitrogen and oxygen atoms in total. The molecule has 2 atom stereocenters. The Kier molecular flexibility index (Phi) is 5.56. The van der Waals surface area contributed by atoms with Crippen molar-refractivity contribution in [1.29, 1.82) is 0 Å². The first-order chi connectivity index (χ1) is 13.4. The standard InChI is InChI=1S/C22H32N2O5/c1-20(2,3)28-18(25)14-7-8-15-16(24-19(26)29-21(4,5)6)12-22(9-10-23-13-22)27-17(15)11-14/h7-8,11,16,23H,9-10,12-13H2,1-6H3,(H,24,26). The Bertz CT molecular complexity index is 785. The molecule has 1 aromatic rings. The van der Waals surface area contributed by atoms with Crippen LogP contribution in [0.2, 0.25) is 0 Å². The normalized spacial score (nSPS) is 23.9. The van der Waals surface area contributed by atoms with Crippen LogP contribution in [0.5, 0.6) is 5.75 Å². The summed E-state index contributed by atoms with van der Waals surface area (Å²) in [5.74, 6) is 0.203. The number of hydrogen-bond acceptors (Lipinski definition) is 6. The summed E-state index contributed by atoms with van der Waals surface area (Å²) in [6.45, 7) is 12.5. The van der Waals surface area contributed by atoms with Gasteiger partial charge in [-0.05, 0) is 60.2 Å².